The Balaban J connectivity index is 3.00. The first-order chi connectivity index (χ1) is 8.38. The highest BCUT2D eigenvalue weighted by atomic mass is 19.4. The first kappa shape index (κ1) is 14.5. The van der Waals surface area contributed by atoms with Gasteiger partial charge in [0, 0.05) is 18.7 Å². The van der Waals surface area contributed by atoms with Crippen LogP contribution in [-0.2, 0) is 17.5 Å². The molecule has 6 heteroatoms. The van der Waals surface area contributed by atoms with Crippen LogP contribution in [0.25, 0.3) is 0 Å². The molecule has 0 unspecified atom stereocenters. The lowest BCUT2D eigenvalue weighted by molar-refractivity contribution is -0.138. The molecule has 0 spiro atoms. The Bertz CT molecular complexity index is 430. The molecule has 100 valence electrons. The third-order valence-corrected chi connectivity index (χ3v) is 2.40. The molecule has 18 heavy (non-hydrogen) atoms. The number of hydrogen-bond donors (Lipinski definition) is 2. The quantitative estimate of drug-likeness (QED) is 0.874. The second-order valence-corrected chi connectivity index (χ2v) is 3.87. The average Bonchev–Trinajstić information content (AvgIpc) is 2.28. The van der Waals surface area contributed by atoms with Crippen molar-refractivity contribution < 1.29 is 18.0 Å². The number of carbonyl (C=O) groups is 1. The average molecular weight is 260 g/mol. The predicted molar refractivity (Wildman–Crippen MR) is 62.9 cm³/mol. The molecule has 0 fully saturated rings. The second kappa shape index (κ2) is 5.86. The summed E-state index contributed by atoms with van der Waals surface area (Å²) >= 11 is 0. The third-order valence-electron chi connectivity index (χ3n) is 2.40. The van der Waals surface area contributed by atoms with Gasteiger partial charge in [0.2, 0.25) is 5.91 Å². The van der Waals surface area contributed by atoms with Crippen LogP contribution in [0.2, 0.25) is 0 Å². The lowest BCUT2D eigenvalue weighted by Crippen LogP contribution is -2.15. The molecule has 3 nitrogen and oxygen atoms in total. The lowest BCUT2D eigenvalue weighted by atomic mass is 10.1. The molecule has 1 aromatic carbocycles. The molecule has 0 saturated carbocycles. The van der Waals surface area contributed by atoms with Crippen molar-refractivity contribution in [3.63, 3.8) is 0 Å². The third kappa shape index (κ3) is 3.73. The van der Waals surface area contributed by atoms with Gasteiger partial charge in [-0.05, 0) is 24.1 Å². The Morgan fingerprint density at radius 2 is 2.06 bits per heavy atom. The van der Waals surface area contributed by atoms with Crippen molar-refractivity contribution in [3.8, 4) is 0 Å². The molecule has 1 aromatic rings. The van der Waals surface area contributed by atoms with Crippen molar-refractivity contribution in [2.75, 3.05) is 5.32 Å². The van der Waals surface area contributed by atoms with Crippen LogP contribution >= 0.6 is 0 Å². The minimum absolute atomic E-state index is 0.0102. The van der Waals surface area contributed by atoms with E-state index in [0.29, 0.717) is 6.42 Å². The Hall–Kier alpha value is -1.56. The zero-order valence-corrected chi connectivity index (χ0v) is 9.97. The number of amides is 1. The molecule has 0 bridgehead atoms. The molecule has 0 aromatic heterocycles. The molecule has 0 heterocycles. The number of rotatable bonds is 4. The fourth-order valence-electron chi connectivity index (χ4n) is 1.55. The van der Waals surface area contributed by atoms with E-state index < -0.39 is 11.7 Å². The van der Waals surface area contributed by atoms with Crippen LogP contribution in [0.15, 0.2) is 18.2 Å². The lowest BCUT2D eigenvalue weighted by Gasteiger charge is -2.14. The molecule has 0 aliphatic carbocycles. The topological polar surface area (TPSA) is 55.1 Å². The van der Waals surface area contributed by atoms with E-state index in [9.17, 15) is 18.0 Å². The zero-order chi connectivity index (χ0) is 13.8. The summed E-state index contributed by atoms with van der Waals surface area (Å²) in [5.41, 5.74) is 4.60. The Kier molecular flexibility index (Phi) is 4.72. The molecule has 1 rings (SSSR count). The van der Waals surface area contributed by atoms with Gasteiger partial charge in [-0.2, -0.15) is 13.2 Å². The second-order valence-electron chi connectivity index (χ2n) is 3.87. The highest BCUT2D eigenvalue weighted by molar-refractivity contribution is 5.90. The van der Waals surface area contributed by atoms with Gasteiger partial charge in [-0.3, -0.25) is 4.79 Å². The summed E-state index contributed by atoms with van der Waals surface area (Å²) in [6.45, 7) is 1.62. The van der Waals surface area contributed by atoms with Crippen molar-refractivity contribution >= 4 is 11.6 Å². The van der Waals surface area contributed by atoms with E-state index in [1.165, 1.54) is 12.1 Å². The van der Waals surface area contributed by atoms with Gasteiger partial charge in [0.25, 0.3) is 0 Å². The van der Waals surface area contributed by atoms with E-state index in [1.807, 2.05) is 6.92 Å². The van der Waals surface area contributed by atoms with Crippen LogP contribution in [0.1, 0.15) is 30.9 Å². The predicted octanol–water partition coefficient (Wildman–Crippen LogP) is 2.90. The van der Waals surface area contributed by atoms with Crippen molar-refractivity contribution in [2.45, 2.75) is 32.5 Å². The molecule has 0 aliphatic heterocycles. The number of alkyl halides is 3. The smallest absolute Gasteiger partial charge is 0.326 e. The summed E-state index contributed by atoms with van der Waals surface area (Å²) in [5, 5.41) is 2.43. The Labute approximate surface area is 103 Å². The van der Waals surface area contributed by atoms with Crippen LogP contribution in [0.3, 0.4) is 0 Å². The molecule has 0 aliphatic rings. The van der Waals surface area contributed by atoms with E-state index >= 15 is 0 Å². The van der Waals surface area contributed by atoms with E-state index in [0.717, 1.165) is 6.07 Å². The van der Waals surface area contributed by atoms with E-state index in [1.54, 1.807) is 0 Å². The van der Waals surface area contributed by atoms with Crippen molar-refractivity contribution in [1.82, 2.24) is 0 Å². The van der Waals surface area contributed by atoms with E-state index in [2.05, 4.69) is 5.32 Å². The number of anilines is 1. The van der Waals surface area contributed by atoms with Gasteiger partial charge in [0.15, 0.2) is 0 Å². The summed E-state index contributed by atoms with van der Waals surface area (Å²) in [4.78, 5) is 11.3. The van der Waals surface area contributed by atoms with Crippen LogP contribution in [-0.4, -0.2) is 5.91 Å². The number of benzene rings is 1. The SMILES string of the molecule is CCCC(=O)Nc1ccc(CN)c(C(F)(F)F)c1. The summed E-state index contributed by atoms with van der Waals surface area (Å²) in [6.07, 6.45) is -3.56. The molecular weight excluding hydrogens is 245 g/mol. The number of hydrogen-bond acceptors (Lipinski definition) is 2. The first-order valence-electron chi connectivity index (χ1n) is 5.58. The number of carbonyl (C=O) groups excluding carboxylic acids is 1. The van der Waals surface area contributed by atoms with Gasteiger partial charge in [-0.25, -0.2) is 0 Å². The fraction of sp³-hybridized carbons (Fsp3) is 0.417. The summed E-state index contributed by atoms with van der Waals surface area (Å²) in [5.74, 6) is -0.300. The molecule has 1 amide bonds. The number of nitrogens with one attached hydrogen (secondary N) is 1. The van der Waals surface area contributed by atoms with Crippen LogP contribution in [0.5, 0.6) is 0 Å². The maximum atomic E-state index is 12.7. The minimum Gasteiger partial charge on any atom is -0.326 e. The summed E-state index contributed by atoms with van der Waals surface area (Å²) in [6, 6.07) is 3.62. The van der Waals surface area contributed by atoms with E-state index in [-0.39, 0.29) is 30.1 Å². The molecule has 0 radical (unpaired) electrons. The van der Waals surface area contributed by atoms with Gasteiger partial charge in [-0.1, -0.05) is 13.0 Å². The Morgan fingerprint density at radius 3 is 2.56 bits per heavy atom. The monoisotopic (exact) mass is 260 g/mol. The maximum absolute atomic E-state index is 12.7. The Morgan fingerprint density at radius 1 is 1.39 bits per heavy atom. The molecule has 3 N–H and O–H groups in total. The largest absolute Gasteiger partial charge is 0.416 e. The normalized spacial score (nSPS) is 11.4. The molecule has 0 atom stereocenters. The van der Waals surface area contributed by atoms with Gasteiger partial charge in [0.05, 0.1) is 5.56 Å². The fourth-order valence-corrected chi connectivity index (χ4v) is 1.55. The van der Waals surface area contributed by atoms with Gasteiger partial charge < -0.3 is 11.1 Å². The van der Waals surface area contributed by atoms with Crippen molar-refractivity contribution in [2.24, 2.45) is 5.73 Å². The minimum atomic E-state index is -4.47. The first-order valence-corrected chi connectivity index (χ1v) is 5.58. The van der Waals surface area contributed by atoms with Gasteiger partial charge >= 0.3 is 6.18 Å². The van der Waals surface area contributed by atoms with Crippen molar-refractivity contribution in [3.05, 3.63) is 29.3 Å². The van der Waals surface area contributed by atoms with Crippen LogP contribution < -0.4 is 11.1 Å². The maximum Gasteiger partial charge on any atom is 0.416 e. The summed E-state index contributed by atoms with van der Waals surface area (Å²) in [7, 11) is 0. The van der Waals surface area contributed by atoms with Crippen LogP contribution in [0.4, 0.5) is 18.9 Å². The van der Waals surface area contributed by atoms with Gasteiger partial charge in [-0.15, -0.1) is 0 Å². The van der Waals surface area contributed by atoms with E-state index in [4.69, 9.17) is 5.73 Å². The molecule has 0 saturated heterocycles. The standard InChI is InChI=1S/C12H15F3N2O/c1-2-3-11(18)17-9-5-4-8(7-16)10(6-9)12(13,14)15/h4-6H,2-3,7,16H2,1H3,(H,17,18). The highest BCUT2D eigenvalue weighted by Crippen LogP contribution is 2.33. The van der Waals surface area contributed by atoms with Crippen LogP contribution in [0, 0.1) is 0 Å². The van der Waals surface area contributed by atoms with Gasteiger partial charge in [0.1, 0.15) is 0 Å². The number of halogens is 3. The number of nitrogens with two attached hydrogens (primary N) is 1. The zero-order valence-electron chi connectivity index (χ0n) is 9.97. The highest BCUT2D eigenvalue weighted by Gasteiger charge is 2.33. The molecular formula is C12H15F3N2O. The van der Waals surface area contributed by atoms with Crippen molar-refractivity contribution in [1.29, 1.82) is 0 Å². The summed E-state index contributed by atoms with van der Waals surface area (Å²) < 4.78 is 38.2.